The van der Waals surface area contributed by atoms with E-state index in [1.807, 2.05) is 13.8 Å². The van der Waals surface area contributed by atoms with Crippen molar-refractivity contribution < 1.29 is 14.6 Å². The summed E-state index contributed by atoms with van der Waals surface area (Å²) in [6, 6.07) is 0. The van der Waals surface area contributed by atoms with E-state index in [1.165, 1.54) is 0 Å². The number of esters is 1. The Morgan fingerprint density at radius 1 is 1.70 bits per heavy atom. The van der Waals surface area contributed by atoms with Gasteiger partial charge < -0.3 is 9.84 Å². The van der Waals surface area contributed by atoms with E-state index >= 15 is 0 Å². The van der Waals surface area contributed by atoms with E-state index < -0.39 is 10.1 Å². The molecule has 0 aromatic carbocycles. The molecule has 0 heterocycles. The maximum atomic E-state index is 10.6. The van der Waals surface area contributed by atoms with E-state index in [-0.39, 0.29) is 0 Å². The second kappa shape index (κ2) is 4.90. The summed E-state index contributed by atoms with van der Waals surface area (Å²) in [4.78, 5) is 10.6. The summed E-state index contributed by atoms with van der Waals surface area (Å²) >= 11 is 1.60. The molecule has 1 unspecified atom stereocenters. The molecular formula is C6H11IO3. The molecule has 0 aliphatic heterocycles. The van der Waals surface area contributed by atoms with Crippen LogP contribution in [0.5, 0.6) is 0 Å². The van der Waals surface area contributed by atoms with Crippen LogP contribution in [0.1, 0.15) is 13.8 Å². The van der Waals surface area contributed by atoms with Crippen molar-refractivity contribution in [1.29, 1.82) is 0 Å². The Kier molecular flexibility index (Phi) is 4.98. The Morgan fingerprint density at radius 3 is 2.50 bits per heavy atom. The van der Waals surface area contributed by atoms with Crippen LogP contribution in [0.15, 0.2) is 0 Å². The maximum Gasteiger partial charge on any atom is 0.345 e. The second-order valence-electron chi connectivity index (χ2n) is 2.36. The van der Waals surface area contributed by atoms with Gasteiger partial charge in [0.2, 0.25) is 4.11 Å². The van der Waals surface area contributed by atoms with Crippen LogP contribution in [0.3, 0.4) is 0 Å². The number of hydrogen-bond donors (Lipinski definition) is 1. The summed E-state index contributed by atoms with van der Waals surface area (Å²) in [5, 5.41) is 8.65. The lowest BCUT2D eigenvalue weighted by molar-refractivity contribution is -0.149. The van der Waals surface area contributed by atoms with E-state index in [9.17, 15) is 4.79 Å². The third-order valence-electron chi connectivity index (χ3n) is 0.753. The second-order valence-corrected chi connectivity index (χ2v) is 3.54. The Bertz CT molecular complexity index is 112. The Balaban J connectivity index is 3.40. The molecule has 1 N–H and O–H groups in total. The monoisotopic (exact) mass is 258 g/mol. The minimum atomic E-state index is -1.03. The molecule has 0 rings (SSSR count). The fourth-order valence-electron chi connectivity index (χ4n) is 0.318. The number of aliphatic hydroxyl groups excluding tert-OH is 1. The lowest BCUT2D eigenvalue weighted by Crippen LogP contribution is -2.18. The summed E-state index contributed by atoms with van der Waals surface area (Å²) in [7, 11) is 0. The van der Waals surface area contributed by atoms with Crippen molar-refractivity contribution >= 4 is 28.6 Å². The first-order valence-corrected chi connectivity index (χ1v) is 4.27. The quantitative estimate of drug-likeness (QED) is 0.465. The van der Waals surface area contributed by atoms with Gasteiger partial charge in [0, 0.05) is 0 Å². The molecule has 3 nitrogen and oxygen atoms in total. The SMILES string of the molecule is CC(C)COC(=O)C(O)I. The molecule has 0 aliphatic carbocycles. The fraction of sp³-hybridized carbons (Fsp3) is 0.833. The number of ether oxygens (including phenoxy) is 1. The molecule has 0 saturated carbocycles. The molecule has 0 aromatic rings. The molecular weight excluding hydrogens is 247 g/mol. The zero-order chi connectivity index (χ0) is 8.15. The first kappa shape index (κ1) is 10.2. The van der Waals surface area contributed by atoms with Crippen LogP contribution in [-0.2, 0) is 9.53 Å². The summed E-state index contributed by atoms with van der Waals surface area (Å²) in [6.07, 6.45) is 0. The predicted octanol–water partition coefficient (Wildman–Crippen LogP) is 0.939. The van der Waals surface area contributed by atoms with E-state index in [2.05, 4.69) is 4.74 Å². The van der Waals surface area contributed by atoms with E-state index in [4.69, 9.17) is 5.11 Å². The van der Waals surface area contributed by atoms with Gasteiger partial charge in [-0.05, 0) is 28.5 Å². The number of aliphatic hydroxyl groups is 1. The topological polar surface area (TPSA) is 46.5 Å². The van der Waals surface area contributed by atoms with Gasteiger partial charge in [-0.3, -0.25) is 0 Å². The van der Waals surface area contributed by atoms with Gasteiger partial charge >= 0.3 is 5.97 Å². The third-order valence-corrected chi connectivity index (χ3v) is 1.26. The molecule has 0 amide bonds. The highest BCUT2D eigenvalue weighted by atomic mass is 127. The van der Waals surface area contributed by atoms with E-state index in [1.54, 1.807) is 22.6 Å². The molecule has 0 saturated heterocycles. The van der Waals surface area contributed by atoms with Gasteiger partial charge in [-0.15, -0.1) is 0 Å². The summed E-state index contributed by atoms with van der Waals surface area (Å²) in [5.41, 5.74) is 0. The molecule has 4 heteroatoms. The molecule has 1 atom stereocenters. The molecule has 0 aromatic heterocycles. The standard InChI is InChI=1S/C6H11IO3/c1-4(2)3-10-6(9)5(7)8/h4-5,8H,3H2,1-2H3. The largest absolute Gasteiger partial charge is 0.463 e. The van der Waals surface area contributed by atoms with Crippen LogP contribution in [-0.4, -0.2) is 21.8 Å². The van der Waals surface area contributed by atoms with Crippen molar-refractivity contribution in [2.75, 3.05) is 6.61 Å². The summed E-state index contributed by atoms with van der Waals surface area (Å²) in [5.74, 6) is -0.242. The highest BCUT2D eigenvalue weighted by Gasteiger charge is 2.11. The minimum absolute atomic E-state index is 0.319. The summed E-state index contributed by atoms with van der Waals surface area (Å²) < 4.78 is 3.64. The van der Waals surface area contributed by atoms with Gasteiger partial charge in [0.05, 0.1) is 6.61 Å². The van der Waals surface area contributed by atoms with Crippen LogP contribution in [0.4, 0.5) is 0 Å². The van der Waals surface area contributed by atoms with Crippen LogP contribution < -0.4 is 0 Å². The van der Waals surface area contributed by atoms with Gasteiger partial charge in [-0.1, -0.05) is 13.8 Å². The van der Waals surface area contributed by atoms with Gasteiger partial charge in [-0.2, -0.15) is 0 Å². The van der Waals surface area contributed by atoms with Crippen LogP contribution in [0, 0.1) is 5.92 Å². The molecule has 0 fully saturated rings. The smallest absolute Gasteiger partial charge is 0.345 e. The lowest BCUT2D eigenvalue weighted by Gasteiger charge is -2.06. The van der Waals surface area contributed by atoms with Gasteiger partial charge in [0.15, 0.2) is 0 Å². The molecule has 0 aliphatic rings. The average Bonchev–Trinajstić information content (AvgIpc) is 1.82. The zero-order valence-electron chi connectivity index (χ0n) is 6.00. The minimum Gasteiger partial charge on any atom is -0.463 e. The van der Waals surface area contributed by atoms with Crippen molar-refractivity contribution in [2.45, 2.75) is 18.0 Å². The maximum absolute atomic E-state index is 10.6. The lowest BCUT2D eigenvalue weighted by atomic mass is 10.2. The van der Waals surface area contributed by atoms with Crippen molar-refractivity contribution in [1.82, 2.24) is 0 Å². The highest BCUT2D eigenvalue weighted by molar-refractivity contribution is 14.1. The molecule has 60 valence electrons. The van der Waals surface area contributed by atoms with Crippen LogP contribution >= 0.6 is 22.6 Å². The van der Waals surface area contributed by atoms with Gasteiger partial charge in [-0.25, -0.2) is 4.79 Å². The van der Waals surface area contributed by atoms with E-state index in [0.29, 0.717) is 12.5 Å². The predicted molar refractivity (Wildman–Crippen MR) is 45.8 cm³/mol. The Labute approximate surface area is 73.9 Å². The van der Waals surface area contributed by atoms with Crippen molar-refractivity contribution in [3.8, 4) is 0 Å². The van der Waals surface area contributed by atoms with E-state index in [0.717, 1.165) is 0 Å². The van der Waals surface area contributed by atoms with Gasteiger partial charge in [0.1, 0.15) is 0 Å². The number of halogens is 1. The normalized spacial score (nSPS) is 13.3. The number of carbonyl (C=O) groups is 1. The average molecular weight is 258 g/mol. The van der Waals surface area contributed by atoms with Crippen molar-refractivity contribution in [3.63, 3.8) is 0 Å². The molecule has 0 spiro atoms. The highest BCUT2D eigenvalue weighted by Crippen LogP contribution is 2.00. The van der Waals surface area contributed by atoms with Crippen LogP contribution in [0.2, 0.25) is 0 Å². The molecule has 0 bridgehead atoms. The Morgan fingerprint density at radius 2 is 2.20 bits per heavy atom. The van der Waals surface area contributed by atoms with Crippen molar-refractivity contribution in [3.05, 3.63) is 0 Å². The number of carbonyl (C=O) groups excluding carboxylic acids is 1. The first-order chi connectivity index (χ1) is 4.54. The molecule has 0 radical (unpaired) electrons. The Hall–Kier alpha value is 0.160. The molecule has 10 heavy (non-hydrogen) atoms. The zero-order valence-corrected chi connectivity index (χ0v) is 8.16. The number of hydrogen-bond acceptors (Lipinski definition) is 3. The number of alkyl halides is 1. The van der Waals surface area contributed by atoms with Gasteiger partial charge in [0.25, 0.3) is 0 Å². The van der Waals surface area contributed by atoms with Crippen LogP contribution in [0.25, 0.3) is 0 Å². The fourth-order valence-corrected chi connectivity index (χ4v) is 0.497. The van der Waals surface area contributed by atoms with Crippen molar-refractivity contribution in [2.24, 2.45) is 5.92 Å². The number of rotatable bonds is 3. The summed E-state index contributed by atoms with van der Waals surface area (Å²) in [6.45, 7) is 4.25. The first-order valence-electron chi connectivity index (χ1n) is 3.02. The third kappa shape index (κ3) is 4.99.